The Morgan fingerprint density at radius 1 is 1.37 bits per heavy atom. The van der Waals surface area contributed by atoms with Gasteiger partial charge >= 0.3 is 0 Å². The first-order valence-electron chi connectivity index (χ1n) is 7.86. The second kappa shape index (κ2) is 7.09. The second-order valence-electron chi connectivity index (χ2n) is 6.20. The average Bonchev–Trinajstić information content (AvgIpc) is 3.21. The van der Waals surface area contributed by atoms with Gasteiger partial charge in [0.2, 0.25) is 5.91 Å². The van der Waals surface area contributed by atoms with Crippen LogP contribution in [0.2, 0.25) is 0 Å². The molecule has 0 aromatic heterocycles. The Kier molecular flexibility index (Phi) is 5.44. The predicted octanol–water partition coefficient (Wildman–Crippen LogP) is 2.72. The molecular formula is C16H28N2O. The highest BCUT2D eigenvalue weighted by molar-refractivity contribution is 5.76. The maximum absolute atomic E-state index is 12.1. The van der Waals surface area contributed by atoms with Gasteiger partial charge in [0.1, 0.15) is 0 Å². The molecule has 1 amide bonds. The number of amides is 1. The van der Waals surface area contributed by atoms with E-state index in [0.29, 0.717) is 11.9 Å². The molecule has 19 heavy (non-hydrogen) atoms. The lowest BCUT2D eigenvalue weighted by atomic mass is 9.96. The fourth-order valence-electron chi connectivity index (χ4n) is 2.86. The quantitative estimate of drug-likeness (QED) is 0.717. The Balaban J connectivity index is 1.74. The van der Waals surface area contributed by atoms with Gasteiger partial charge in [-0.3, -0.25) is 4.79 Å². The molecule has 0 spiro atoms. The largest absolute Gasteiger partial charge is 0.339 e. The van der Waals surface area contributed by atoms with E-state index < -0.39 is 0 Å². The van der Waals surface area contributed by atoms with Crippen LogP contribution in [0, 0.1) is 5.92 Å². The van der Waals surface area contributed by atoms with Crippen molar-refractivity contribution < 1.29 is 4.79 Å². The van der Waals surface area contributed by atoms with Crippen molar-refractivity contribution >= 4 is 5.91 Å². The van der Waals surface area contributed by atoms with Gasteiger partial charge in [-0.05, 0) is 37.2 Å². The summed E-state index contributed by atoms with van der Waals surface area (Å²) in [4.78, 5) is 14.1. The smallest absolute Gasteiger partial charge is 0.222 e. The standard InChI is InChI=1S/C16H28N2O/c1-3-4-14-5-8-16(19)18(10-9-14)12-13(2)11-17-15-6-7-15/h14-15,17H,2-12H2,1H3. The highest BCUT2D eigenvalue weighted by Gasteiger charge is 2.23. The molecule has 1 saturated heterocycles. The van der Waals surface area contributed by atoms with Gasteiger partial charge in [0.05, 0.1) is 0 Å². The number of hydrogen-bond acceptors (Lipinski definition) is 2. The number of rotatable bonds is 7. The maximum atomic E-state index is 12.1. The molecule has 2 rings (SSSR count). The van der Waals surface area contributed by atoms with Crippen LogP contribution >= 0.6 is 0 Å². The number of nitrogens with zero attached hydrogens (tertiary/aromatic N) is 1. The Bertz CT molecular complexity index is 323. The van der Waals surface area contributed by atoms with Crippen molar-refractivity contribution in [3.8, 4) is 0 Å². The van der Waals surface area contributed by atoms with E-state index in [2.05, 4.69) is 18.8 Å². The Morgan fingerprint density at radius 3 is 2.84 bits per heavy atom. The van der Waals surface area contributed by atoms with E-state index in [-0.39, 0.29) is 0 Å². The molecule has 1 unspecified atom stereocenters. The summed E-state index contributed by atoms with van der Waals surface area (Å²) in [6, 6.07) is 0.713. The minimum absolute atomic E-state index is 0.325. The molecule has 0 radical (unpaired) electrons. The van der Waals surface area contributed by atoms with Gasteiger partial charge in [-0.15, -0.1) is 0 Å². The molecule has 108 valence electrons. The van der Waals surface area contributed by atoms with Gasteiger partial charge in [-0.25, -0.2) is 0 Å². The molecule has 0 aromatic rings. The minimum atomic E-state index is 0.325. The van der Waals surface area contributed by atoms with E-state index in [1.807, 2.05) is 4.90 Å². The molecule has 0 aromatic carbocycles. The van der Waals surface area contributed by atoms with Crippen LogP contribution in [0.5, 0.6) is 0 Å². The summed E-state index contributed by atoms with van der Waals surface area (Å²) < 4.78 is 0. The van der Waals surface area contributed by atoms with Crippen LogP contribution in [0.4, 0.5) is 0 Å². The highest BCUT2D eigenvalue weighted by atomic mass is 16.2. The van der Waals surface area contributed by atoms with Crippen LogP contribution in [0.15, 0.2) is 12.2 Å². The third-order valence-electron chi connectivity index (χ3n) is 4.26. The van der Waals surface area contributed by atoms with Crippen molar-refractivity contribution in [3.05, 3.63) is 12.2 Å². The summed E-state index contributed by atoms with van der Waals surface area (Å²) in [7, 11) is 0. The average molecular weight is 264 g/mol. The fourth-order valence-corrected chi connectivity index (χ4v) is 2.86. The Labute approximate surface area is 117 Å². The van der Waals surface area contributed by atoms with Crippen molar-refractivity contribution in [1.82, 2.24) is 10.2 Å². The third-order valence-corrected chi connectivity index (χ3v) is 4.26. The molecule has 2 aliphatic rings. The first kappa shape index (κ1) is 14.6. The summed E-state index contributed by atoms with van der Waals surface area (Å²) >= 11 is 0. The maximum Gasteiger partial charge on any atom is 0.222 e. The molecule has 1 heterocycles. The normalized spacial score (nSPS) is 24.4. The SMILES string of the molecule is C=C(CNC1CC1)CN1CCC(CCC)CCC1=O. The molecule has 1 saturated carbocycles. The van der Waals surface area contributed by atoms with Gasteiger partial charge in [-0.1, -0.05) is 26.3 Å². The monoisotopic (exact) mass is 264 g/mol. The van der Waals surface area contributed by atoms with Crippen LogP contribution in [0.25, 0.3) is 0 Å². The van der Waals surface area contributed by atoms with Gasteiger partial charge in [0, 0.05) is 32.1 Å². The van der Waals surface area contributed by atoms with Gasteiger partial charge in [-0.2, -0.15) is 0 Å². The minimum Gasteiger partial charge on any atom is -0.339 e. The topological polar surface area (TPSA) is 32.3 Å². The molecule has 1 atom stereocenters. The lowest BCUT2D eigenvalue weighted by molar-refractivity contribution is -0.130. The van der Waals surface area contributed by atoms with Gasteiger partial charge in [0.15, 0.2) is 0 Å². The van der Waals surface area contributed by atoms with Crippen molar-refractivity contribution in [2.45, 2.75) is 57.9 Å². The molecule has 3 nitrogen and oxygen atoms in total. The van der Waals surface area contributed by atoms with Gasteiger partial charge < -0.3 is 10.2 Å². The van der Waals surface area contributed by atoms with E-state index in [9.17, 15) is 4.79 Å². The van der Waals surface area contributed by atoms with E-state index in [1.165, 1.54) is 32.1 Å². The molecule has 1 N–H and O–H groups in total. The molecular weight excluding hydrogens is 236 g/mol. The highest BCUT2D eigenvalue weighted by Crippen LogP contribution is 2.23. The van der Waals surface area contributed by atoms with Crippen molar-refractivity contribution in [3.63, 3.8) is 0 Å². The number of carbonyl (C=O) groups is 1. The zero-order chi connectivity index (χ0) is 13.7. The first-order valence-corrected chi connectivity index (χ1v) is 7.86. The lowest BCUT2D eigenvalue weighted by Crippen LogP contribution is -2.34. The summed E-state index contributed by atoms with van der Waals surface area (Å²) in [5.74, 6) is 1.07. The first-order chi connectivity index (χ1) is 9.19. The summed E-state index contributed by atoms with van der Waals surface area (Å²) in [6.07, 6.45) is 8.08. The van der Waals surface area contributed by atoms with Crippen LogP contribution in [-0.4, -0.2) is 36.5 Å². The zero-order valence-electron chi connectivity index (χ0n) is 12.3. The van der Waals surface area contributed by atoms with E-state index in [4.69, 9.17) is 0 Å². The van der Waals surface area contributed by atoms with Crippen LogP contribution < -0.4 is 5.32 Å². The fraction of sp³-hybridized carbons (Fsp3) is 0.812. The predicted molar refractivity (Wildman–Crippen MR) is 79.0 cm³/mol. The zero-order valence-corrected chi connectivity index (χ0v) is 12.3. The van der Waals surface area contributed by atoms with E-state index in [1.54, 1.807) is 0 Å². The van der Waals surface area contributed by atoms with Crippen molar-refractivity contribution in [2.24, 2.45) is 5.92 Å². The lowest BCUT2D eigenvalue weighted by Gasteiger charge is -2.22. The Hall–Kier alpha value is -0.830. The molecule has 3 heteroatoms. The number of hydrogen-bond donors (Lipinski definition) is 1. The summed E-state index contributed by atoms with van der Waals surface area (Å²) in [5, 5.41) is 3.47. The van der Waals surface area contributed by atoms with Crippen LogP contribution in [-0.2, 0) is 4.79 Å². The second-order valence-corrected chi connectivity index (χ2v) is 6.20. The van der Waals surface area contributed by atoms with E-state index >= 15 is 0 Å². The number of nitrogens with one attached hydrogen (secondary N) is 1. The van der Waals surface area contributed by atoms with Crippen molar-refractivity contribution in [2.75, 3.05) is 19.6 Å². The third kappa shape index (κ3) is 4.98. The number of likely N-dealkylation sites (tertiary alicyclic amines) is 1. The Morgan fingerprint density at radius 2 is 2.16 bits per heavy atom. The van der Waals surface area contributed by atoms with Crippen molar-refractivity contribution in [1.29, 1.82) is 0 Å². The molecule has 2 fully saturated rings. The molecule has 1 aliphatic carbocycles. The van der Waals surface area contributed by atoms with E-state index in [0.717, 1.165) is 44.0 Å². The molecule has 1 aliphatic heterocycles. The molecule has 0 bridgehead atoms. The van der Waals surface area contributed by atoms with Crippen LogP contribution in [0.3, 0.4) is 0 Å². The summed E-state index contributed by atoms with van der Waals surface area (Å²) in [5.41, 5.74) is 1.15. The van der Waals surface area contributed by atoms with Crippen LogP contribution in [0.1, 0.15) is 51.9 Å². The number of carbonyl (C=O) groups excluding carboxylic acids is 1. The van der Waals surface area contributed by atoms with Gasteiger partial charge in [0.25, 0.3) is 0 Å². The summed E-state index contributed by atoms with van der Waals surface area (Å²) in [6.45, 7) is 8.88.